The zero-order chi connectivity index (χ0) is 27.0. The van der Waals surface area contributed by atoms with Crippen molar-refractivity contribution < 1.29 is 9.50 Å². The summed E-state index contributed by atoms with van der Waals surface area (Å²) in [5, 5.41) is 17.9. The molecule has 0 spiro atoms. The number of rotatable bonds is 7. The molecule has 1 aliphatic rings. The Morgan fingerprint density at radius 3 is 2.33 bits per heavy atom. The first-order valence-corrected chi connectivity index (χ1v) is 12.8. The molecule has 200 valence electrons. The van der Waals surface area contributed by atoms with E-state index in [9.17, 15) is 4.39 Å². The van der Waals surface area contributed by atoms with E-state index < -0.39 is 5.54 Å². The van der Waals surface area contributed by atoms with E-state index in [1.165, 1.54) is 12.1 Å². The minimum Gasteiger partial charge on any atom is -0.394 e. The van der Waals surface area contributed by atoms with Gasteiger partial charge in [0, 0.05) is 67.7 Å². The second kappa shape index (κ2) is 10.0. The lowest BCUT2D eigenvalue weighted by atomic mass is 9.87. The number of hydrogen-bond acceptors (Lipinski definition) is 9. The normalized spacial score (nSPS) is 15.6. The predicted octanol–water partition coefficient (Wildman–Crippen LogP) is 2.06. The van der Waals surface area contributed by atoms with Gasteiger partial charge in [-0.05, 0) is 30.7 Å². The third-order valence-corrected chi connectivity index (χ3v) is 7.23. The van der Waals surface area contributed by atoms with Crippen LogP contribution in [0.4, 0.5) is 16.2 Å². The summed E-state index contributed by atoms with van der Waals surface area (Å²) in [6.07, 6.45) is 10.7. The lowest BCUT2D eigenvalue weighted by Crippen LogP contribution is -2.47. The zero-order valence-corrected chi connectivity index (χ0v) is 21.5. The summed E-state index contributed by atoms with van der Waals surface area (Å²) in [6.45, 7) is 5.32. The van der Waals surface area contributed by atoms with Crippen LogP contribution in [-0.2, 0) is 12.1 Å². The first-order valence-electron chi connectivity index (χ1n) is 12.8. The van der Waals surface area contributed by atoms with Crippen LogP contribution >= 0.6 is 0 Å². The summed E-state index contributed by atoms with van der Waals surface area (Å²) < 4.78 is 16.9. The maximum Gasteiger partial charge on any atom is 0.225 e. The molecule has 0 radical (unpaired) electrons. The smallest absolute Gasteiger partial charge is 0.225 e. The van der Waals surface area contributed by atoms with Gasteiger partial charge in [0.25, 0.3) is 0 Å². The van der Waals surface area contributed by atoms with Gasteiger partial charge in [0.05, 0.1) is 24.9 Å². The number of fused-ring (bicyclic) bond motifs is 1. The molecule has 1 aromatic carbocycles. The Hall–Kier alpha value is -4.42. The molecule has 0 saturated carbocycles. The van der Waals surface area contributed by atoms with E-state index >= 15 is 0 Å². The maximum absolute atomic E-state index is 13.4. The van der Waals surface area contributed by atoms with Crippen molar-refractivity contribution in [2.24, 2.45) is 5.73 Å². The fourth-order valence-corrected chi connectivity index (χ4v) is 4.89. The van der Waals surface area contributed by atoms with Crippen molar-refractivity contribution >= 4 is 17.3 Å². The highest BCUT2D eigenvalue weighted by Crippen LogP contribution is 2.29. The van der Waals surface area contributed by atoms with Crippen LogP contribution in [0.15, 0.2) is 67.6 Å². The molecule has 4 aromatic heterocycles. The molecule has 1 unspecified atom stereocenters. The number of aliphatic hydroxyl groups is 1. The van der Waals surface area contributed by atoms with Crippen LogP contribution in [0.25, 0.3) is 16.6 Å². The van der Waals surface area contributed by atoms with Gasteiger partial charge in [0.1, 0.15) is 17.7 Å². The number of hydrogen-bond donors (Lipinski definition) is 2. The van der Waals surface area contributed by atoms with Crippen LogP contribution in [0.5, 0.6) is 0 Å². The van der Waals surface area contributed by atoms with E-state index in [-0.39, 0.29) is 12.4 Å². The third kappa shape index (κ3) is 4.79. The third-order valence-electron chi connectivity index (χ3n) is 7.23. The van der Waals surface area contributed by atoms with Gasteiger partial charge >= 0.3 is 0 Å². The molecule has 6 rings (SSSR count). The number of aromatic nitrogens is 7. The molecule has 5 aromatic rings. The Bertz CT molecular complexity index is 1570. The van der Waals surface area contributed by atoms with Crippen LogP contribution in [-0.4, -0.2) is 72.2 Å². The highest BCUT2D eigenvalue weighted by Gasteiger charge is 2.26. The van der Waals surface area contributed by atoms with Crippen molar-refractivity contribution in [1.29, 1.82) is 0 Å². The van der Waals surface area contributed by atoms with Gasteiger partial charge in [-0.3, -0.25) is 4.68 Å². The Morgan fingerprint density at radius 2 is 1.62 bits per heavy atom. The number of nitrogens with two attached hydrogens (primary N) is 1. The first-order chi connectivity index (χ1) is 18.9. The topological polar surface area (TPSA) is 127 Å². The van der Waals surface area contributed by atoms with Gasteiger partial charge in [-0.15, -0.1) is 0 Å². The monoisotopic (exact) mass is 528 g/mol. The van der Waals surface area contributed by atoms with Crippen LogP contribution < -0.4 is 15.5 Å². The second-order valence-electron chi connectivity index (χ2n) is 9.81. The van der Waals surface area contributed by atoms with Gasteiger partial charge in [-0.1, -0.05) is 12.1 Å². The molecule has 5 heterocycles. The Morgan fingerprint density at radius 1 is 0.897 bits per heavy atom. The largest absolute Gasteiger partial charge is 0.394 e. The SMILES string of the molecule is CC(N)(c1ccc(F)cc1)c1cnc(N2CCN(c3ncnn4cc(-c5cnn(CCO)c5)cc34)CC2)nc1. The molecule has 1 atom stereocenters. The molecule has 1 aliphatic heterocycles. The van der Waals surface area contributed by atoms with E-state index in [2.05, 4.69) is 41.0 Å². The fourth-order valence-electron chi connectivity index (χ4n) is 4.89. The van der Waals surface area contributed by atoms with Gasteiger partial charge in [-0.25, -0.2) is 23.9 Å². The second-order valence-corrected chi connectivity index (χ2v) is 9.81. The molecule has 0 aliphatic carbocycles. The summed E-state index contributed by atoms with van der Waals surface area (Å²) in [7, 11) is 0. The van der Waals surface area contributed by atoms with Crippen LogP contribution in [0.2, 0.25) is 0 Å². The Labute approximate surface area is 224 Å². The molecule has 0 bridgehead atoms. The summed E-state index contributed by atoms with van der Waals surface area (Å²) in [4.78, 5) is 18.2. The molecule has 1 saturated heterocycles. The molecule has 1 fully saturated rings. The first kappa shape index (κ1) is 24.9. The Kier molecular flexibility index (Phi) is 6.41. The molecule has 11 nitrogen and oxygen atoms in total. The lowest BCUT2D eigenvalue weighted by Gasteiger charge is -2.35. The highest BCUT2D eigenvalue weighted by atomic mass is 19.1. The predicted molar refractivity (Wildman–Crippen MR) is 145 cm³/mol. The highest BCUT2D eigenvalue weighted by molar-refractivity contribution is 5.77. The summed E-state index contributed by atoms with van der Waals surface area (Å²) in [5.41, 5.74) is 10.1. The molecular weight excluding hydrogens is 499 g/mol. The number of nitrogens with zero attached hydrogens (tertiary/aromatic N) is 9. The fraction of sp³-hybridized carbons (Fsp3) is 0.296. The molecule has 12 heteroatoms. The van der Waals surface area contributed by atoms with Crippen molar-refractivity contribution in [2.45, 2.75) is 19.0 Å². The standard InChI is InChI=1S/C27H29FN10O/c1-27(29,21-2-4-23(28)5-3-21)22-14-30-26(31-15-22)36-8-6-35(7-9-36)25-24-12-19(17-38(24)34-18-32-25)20-13-33-37(16-20)10-11-39/h2-5,12-18,39H,6-11,29H2,1H3. The van der Waals surface area contributed by atoms with E-state index in [1.807, 2.05) is 23.8 Å². The minimum absolute atomic E-state index is 0.0397. The van der Waals surface area contributed by atoms with Crippen molar-refractivity contribution in [2.75, 3.05) is 42.6 Å². The number of benzene rings is 1. The van der Waals surface area contributed by atoms with E-state index in [0.717, 1.165) is 59.8 Å². The van der Waals surface area contributed by atoms with Crippen molar-refractivity contribution in [3.8, 4) is 11.1 Å². The molecular formula is C27H29FN10O. The van der Waals surface area contributed by atoms with Crippen molar-refractivity contribution in [3.63, 3.8) is 0 Å². The zero-order valence-electron chi connectivity index (χ0n) is 21.5. The van der Waals surface area contributed by atoms with E-state index in [4.69, 9.17) is 10.8 Å². The van der Waals surface area contributed by atoms with Gasteiger partial charge in [-0.2, -0.15) is 10.2 Å². The van der Waals surface area contributed by atoms with Crippen LogP contribution in [0.3, 0.4) is 0 Å². The van der Waals surface area contributed by atoms with Gasteiger partial charge in [0.2, 0.25) is 5.95 Å². The van der Waals surface area contributed by atoms with Crippen LogP contribution in [0, 0.1) is 5.82 Å². The number of anilines is 2. The molecule has 3 N–H and O–H groups in total. The Balaban J connectivity index is 1.15. The molecule has 0 amide bonds. The van der Waals surface area contributed by atoms with Gasteiger partial charge in [0.15, 0.2) is 5.82 Å². The summed E-state index contributed by atoms with van der Waals surface area (Å²) >= 11 is 0. The number of halogens is 1. The van der Waals surface area contributed by atoms with E-state index in [0.29, 0.717) is 12.5 Å². The average Bonchev–Trinajstić information content (AvgIpc) is 3.61. The van der Waals surface area contributed by atoms with Crippen LogP contribution in [0.1, 0.15) is 18.1 Å². The van der Waals surface area contributed by atoms with Crippen molar-refractivity contribution in [3.05, 3.63) is 84.6 Å². The quantitative estimate of drug-likeness (QED) is 0.326. The maximum atomic E-state index is 13.4. The average molecular weight is 529 g/mol. The summed E-state index contributed by atoms with van der Waals surface area (Å²) in [6, 6.07) is 8.24. The minimum atomic E-state index is -0.836. The van der Waals surface area contributed by atoms with E-state index in [1.54, 1.807) is 41.7 Å². The summed E-state index contributed by atoms with van der Waals surface area (Å²) in [5.74, 6) is 1.21. The number of piperazine rings is 1. The van der Waals surface area contributed by atoms with Gasteiger partial charge < -0.3 is 20.6 Å². The lowest BCUT2D eigenvalue weighted by molar-refractivity contribution is 0.269. The molecule has 39 heavy (non-hydrogen) atoms. The van der Waals surface area contributed by atoms with Crippen molar-refractivity contribution in [1.82, 2.24) is 34.3 Å². The number of aliphatic hydroxyl groups excluding tert-OH is 1.